The van der Waals surface area contributed by atoms with Crippen LogP contribution in [0.5, 0.6) is 5.75 Å². The molecule has 2 aromatic heterocycles. The molecule has 1 aliphatic heterocycles. The van der Waals surface area contributed by atoms with Gasteiger partial charge in [-0.2, -0.15) is 0 Å². The van der Waals surface area contributed by atoms with Gasteiger partial charge in [0.1, 0.15) is 5.82 Å². The Labute approximate surface area is 119 Å². The number of hydrogen-bond donors (Lipinski definition) is 0. The summed E-state index contributed by atoms with van der Waals surface area (Å²) < 4.78 is 7.39. The summed E-state index contributed by atoms with van der Waals surface area (Å²) in [6, 6.07) is 3.91. The third kappa shape index (κ3) is 2.50. The molecule has 5 heteroatoms. The third-order valence-electron chi connectivity index (χ3n) is 4.21. The maximum atomic E-state index is 5.33. The minimum Gasteiger partial charge on any atom is -0.493 e. The molecule has 20 heavy (non-hydrogen) atoms. The van der Waals surface area contributed by atoms with Gasteiger partial charge >= 0.3 is 0 Å². The number of aromatic nitrogens is 3. The van der Waals surface area contributed by atoms with Crippen LogP contribution in [0.2, 0.25) is 0 Å². The van der Waals surface area contributed by atoms with Gasteiger partial charge in [-0.05, 0) is 44.0 Å². The molecule has 2 aromatic rings. The van der Waals surface area contributed by atoms with E-state index in [1.165, 1.54) is 25.9 Å². The fraction of sp³-hybridized carbons (Fsp3) is 0.600. The molecule has 0 saturated carbocycles. The van der Waals surface area contributed by atoms with Crippen molar-refractivity contribution in [3.63, 3.8) is 0 Å². The fourth-order valence-corrected chi connectivity index (χ4v) is 3.10. The lowest BCUT2D eigenvalue weighted by atomic mass is 9.94. The molecule has 3 rings (SSSR count). The summed E-state index contributed by atoms with van der Waals surface area (Å²) in [6.45, 7) is 5.79. The predicted octanol–water partition coefficient (Wildman–Crippen LogP) is 2.01. The molecule has 0 bridgehead atoms. The number of piperidine rings is 1. The maximum Gasteiger partial charge on any atom is 0.203 e. The van der Waals surface area contributed by atoms with Crippen molar-refractivity contribution >= 4 is 5.65 Å². The van der Waals surface area contributed by atoms with Crippen LogP contribution in [0.25, 0.3) is 5.65 Å². The largest absolute Gasteiger partial charge is 0.493 e. The molecule has 0 amide bonds. The topological polar surface area (TPSA) is 42.7 Å². The fourth-order valence-electron chi connectivity index (χ4n) is 3.10. The summed E-state index contributed by atoms with van der Waals surface area (Å²) in [5.74, 6) is 2.51. The number of ether oxygens (including phenoxy) is 1. The average molecular weight is 274 g/mol. The third-order valence-corrected chi connectivity index (χ3v) is 4.21. The maximum absolute atomic E-state index is 5.33. The van der Waals surface area contributed by atoms with Crippen molar-refractivity contribution in [3.8, 4) is 5.75 Å². The standard InChI is InChI=1S/C15H22N4O/c1-3-18-8-4-6-12(11-18)10-14-16-17-15-13(20-2)7-5-9-19(14)15/h5,7,9,12H,3-4,6,8,10-11H2,1-2H3. The van der Waals surface area contributed by atoms with Crippen molar-refractivity contribution in [2.24, 2.45) is 5.92 Å². The summed E-state index contributed by atoms with van der Waals surface area (Å²) in [5.41, 5.74) is 0.813. The van der Waals surface area contributed by atoms with Gasteiger partial charge in [0, 0.05) is 19.2 Å². The molecule has 1 unspecified atom stereocenters. The van der Waals surface area contributed by atoms with Crippen molar-refractivity contribution in [2.45, 2.75) is 26.2 Å². The Kier molecular flexibility index (Phi) is 3.87. The second kappa shape index (κ2) is 5.79. The van der Waals surface area contributed by atoms with E-state index in [1.807, 2.05) is 18.3 Å². The van der Waals surface area contributed by atoms with E-state index in [0.717, 1.165) is 30.2 Å². The zero-order chi connectivity index (χ0) is 13.9. The highest BCUT2D eigenvalue weighted by Crippen LogP contribution is 2.22. The first-order valence-corrected chi connectivity index (χ1v) is 7.40. The van der Waals surface area contributed by atoms with E-state index in [9.17, 15) is 0 Å². The monoisotopic (exact) mass is 274 g/mol. The van der Waals surface area contributed by atoms with Crippen LogP contribution in [0.4, 0.5) is 0 Å². The van der Waals surface area contributed by atoms with E-state index in [0.29, 0.717) is 5.92 Å². The lowest BCUT2D eigenvalue weighted by molar-refractivity contribution is 0.180. The molecule has 108 valence electrons. The second-order valence-corrected chi connectivity index (χ2v) is 5.49. The van der Waals surface area contributed by atoms with Gasteiger partial charge in [0.05, 0.1) is 7.11 Å². The smallest absolute Gasteiger partial charge is 0.203 e. The summed E-state index contributed by atoms with van der Waals surface area (Å²) >= 11 is 0. The first-order chi connectivity index (χ1) is 9.81. The summed E-state index contributed by atoms with van der Waals surface area (Å²) in [5, 5.41) is 8.63. The summed E-state index contributed by atoms with van der Waals surface area (Å²) in [6.07, 6.45) is 5.59. The van der Waals surface area contributed by atoms with Gasteiger partial charge in [0.2, 0.25) is 5.65 Å². The van der Waals surface area contributed by atoms with Gasteiger partial charge in [-0.1, -0.05) is 6.92 Å². The number of rotatable bonds is 4. The van der Waals surface area contributed by atoms with E-state index in [4.69, 9.17) is 4.74 Å². The molecule has 0 aliphatic carbocycles. The molecule has 0 radical (unpaired) electrons. The van der Waals surface area contributed by atoms with E-state index >= 15 is 0 Å². The lowest BCUT2D eigenvalue weighted by Gasteiger charge is -2.31. The molecular formula is C15H22N4O. The van der Waals surface area contributed by atoms with Crippen molar-refractivity contribution in [3.05, 3.63) is 24.2 Å². The lowest BCUT2D eigenvalue weighted by Crippen LogP contribution is -2.36. The summed E-state index contributed by atoms with van der Waals surface area (Å²) in [7, 11) is 1.67. The Hall–Kier alpha value is -1.62. The molecule has 0 N–H and O–H groups in total. The molecule has 5 nitrogen and oxygen atoms in total. The van der Waals surface area contributed by atoms with Crippen molar-refractivity contribution in [2.75, 3.05) is 26.7 Å². The number of pyridine rings is 1. The van der Waals surface area contributed by atoms with Crippen molar-refractivity contribution < 1.29 is 4.74 Å². The molecule has 1 saturated heterocycles. The van der Waals surface area contributed by atoms with Crippen LogP contribution in [0.3, 0.4) is 0 Å². The highest BCUT2D eigenvalue weighted by atomic mass is 16.5. The number of fused-ring (bicyclic) bond motifs is 1. The molecular weight excluding hydrogens is 252 g/mol. The average Bonchev–Trinajstić information content (AvgIpc) is 2.90. The Balaban J connectivity index is 1.81. The number of methoxy groups -OCH3 is 1. The molecule has 0 spiro atoms. The van der Waals surface area contributed by atoms with E-state index < -0.39 is 0 Å². The Morgan fingerprint density at radius 3 is 3.10 bits per heavy atom. The molecule has 3 heterocycles. The molecule has 0 aromatic carbocycles. The number of hydrogen-bond acceptors (Lipinski definition) is 4. The minimum atomic E-state index is 0.683. The normalized spacial score (nSPS) is 20.4. The highest BCUT2D eigenvalue weighted by Gasteiger charge is 2.21. The number of nitrogens with zero attached hydrogens (tertiary/aromatic N) is 4. The van der Waals surface area contributed by atoms with Crippen LogP contribution in [0.15, 0.2) is 18.3 Å². The first kappa shape index (κ1) is 13.4. The van der Waals surface area contributed by atoms with Crippen LogP contribution in [-0.2, 0) is 6.42 Å². The van der Waals surface area contributed by atoms with Gasteiger partial charge < -0.3 is 9.64 Å². The quantitative estimate of drug-likeness (QED) is 0.855. The van der Waals surface area contributed by atoms with Gasteiger partial charge in [-0.15, -0.1) is 10.2 Å². The Bertz CT molecular complexity index is 580. The van der Waals surface area contributed by atoms with Gasteiger partial charge in [-0.25, -0.2) is 0 Å². The van der Waals surface area contributed by atoms with Crippen molar-refractivity contribution in [1.29, 1.82) is 0 Å². The van der Waals surface area contributed by atoms with E-state index in [2.05, 4.69) is 26.4 Å². The van der Waals surface area contributed by atoms with Crippen LogP contribution in [0, 0.1) is 5.92 Å². The van der Waals surface area contributed by atoms with Crippen LogP contribution in [0.1, 0.15) is 25.6 Å². The van der Waals surface area contributed by atoms with Gasteiger partial charge in [-0.3, -0.25) is 4.40 Å². The Morgan fingerprint density at radius 1 is 1.40 bits per heavy atom. The Morgan fingerprint density at radius 2 is 2.30 bits per heavy atom. The van der Waals surface area contributed by atoms with Crippen LogP contribution in [-0.4, -0.2) is 46.2 Å². The SMILES string of the molecule is CCN1CCCC(Cc2nnc3c(OC)cccn23)C1. The zero-order valence-electron chi connectivity index (χ0n) is 12.2. The van der Waals surface area contributed by atoms with E-state index in [-0.39, 0.29) is 0 Å². The van der Waals surface area contributed by atoms with Crippen LogP contribution < -0.4 is 4.74 Å². The highest BCUT2D eigenvalue weighted by molar-refractivity contribution is 5.53. The van der Waals surface area contributed by atoms with Crippen LogP contribution >= 0.6 is 0 Å². The van der Waals surface area contributed by atoms with Gasteiger partial charge in [0.15, 0.2) is 5.75 Å². The molecule has 1 atom stereocenters. The van der Waals surface area contributed by atoms with E-state index in [1.54, 1.807) is 7.11 Å². The number of likely N-dealkylation sites (tertiary alicyclic amines) is 1. The molecule has 1 fully saturated rings. The first-order valence-electron chi connectivity index (χ1n) is 7.40. The summed E-state index contributed by atoms with van der Waals surface area (Å²) in [4.78, 5) is 2.53. The molecule has 1 aliphatic rings. The zero-order valence-corrected chi connectivity index (χ0v) is 12.2. The van der Waals surface area contributed by atoms with Gasteiger partial charge in [0.25, 0.3) is 0 Å². The predicted molar refractivity (Wildman–Crippen MR) is 78.1 cm³/mol. The second-order valence-electron chi connectivity index (χ2n) is 5.49. The van der Waals surface area contributed by atoms with Crippen molar-refractivity contribution in [1.82, 2.24) is 19.5 Å². The minimum absolute atomic E-state index is 0.683.